The van der Waals surface area contributed by atoms with Crippen molar-refractivity contribution in [1.29, 1.82) is 0 Å². The van der Waals surface area contributed by atoms with E-state index in [-0.39, 0.29) is 24.4 Å². The number of carbonyl (C=O) groups excluding carboxylic acids is 1. The molecule has 8 heteroatoms. The molecule has 2 aromatic carbocycles. The van der Waals surface area contributed by atoms with Crippen LogP contribution in [-0.2, 0) is 24.3 Å². The molecule has 0 aliphatic rings. The number of nitrogens with one attached hydrogen (secondary N) is 2. The van der Waals surface area contributed by atoms with Crippen LogP contribution in [0.4, 0.5) is 0 Å². The molecule has 0 saturated carbocycles. The van der Waals surface area contributed by atoms with Gasteiger partial charge in [-0.15, -0.1) is 0 Å². The van der Waals surface area contributed by atoms with Crippen LogP contribution in [0.3, 0.4) is 0 Å². The van der Waals surface area contributed by atoms with E-state index in [1.165, 1.54) is 0 Å². The van der Waals surface area contributed by atoms with Crippen molar-refractivity contribution in [2.45, 2.75) is 26.4 Å². The van der Waals surface area contributed by atoms with E-state index >= 15 is 0 Å². The Morgan fingerprint density at radius 2 is 1.70 bits per heavy atom. The summed E-state index contributed by atoms with van der Waals surface area (Å²) in [5.74, 6) is 0.164. The van der Waals surface area contributed by atoms with Crippen LogP contribution in [-0.4, -0.2) is 30.6 Å². The van der Waals surface area contributed by atoms with Crippen LogP contribution in [0.5, 0.6) is 0 Å². The highest BCUT2D eigenvalue weighted by molar-refractivity contribution is 5.79. The van der Waals surface area contributed by atoms with E-state index < -0.39 is 0 Å². The van der Waals surface area contributed by atoms with Gasteiger partial charge >= 0.3 is 0 Å². The molecule has 8 nitrogen and oxygen atoms in total. The van der Waals surface area contributed by atoms with Gasteiger partial charge in [-0.05, 0) is 24.6 Å². The smallest absolute Gasteiger partial charge is 0.255 e. The van der Waals surface area contributed by atoms with Crippen LogP contribution < -0.4 is 10.9 Å². The zero-order chi connectivity index (χ0) is 25.6. The normalized spacial score (nSPS) is 10.8. The third-order valence-electron chi connectivity index (χ3n) is 6.04. The predicted octanol–water partition coefficient (Wildman–Crippen LogP) is 3.91. The summed E-state index contributed by atoms with van der Waals surface area (Å²) in [6, 6.07) is 23.6. The van der Waals surface area contributed by atoms with Crippen LogP contribution in [0.15, 0.2) is 96.2 Å². The van der Waals surface area contributed by atoms with Gasteiger partial charge in [0.25, 0.3) is 5.56 Å². The van der Waals surface area contributed by atoms with Gasteiger partial charge in [0.2, 0.25) is 5.91 Å². The number of benzene rings is 2. The first-order valence-electron chi connectivity index (χ1n) is 12.0. The molecule has 3 aromatic heterocycles. The Morgan fingerprint density at radius 1 is 0.973 bits per heavy atom. The molecule has 1 amide bonds. The molecule has 0 unspecified atom stereocenters. The molecule has 0 aliphatic heterocycles. The highest BCUT2D eigenvalue weighted by atomic mass is 16.2. The molecular weight excluding hydrogens is 464 g/mol. The number of nitrogens with zero attached hydrogens (tertiary/aromatic N) is 4. The monoisotopic (exact) mass is 490 g/mol. The number of H-pyrrole nitrogens is 1. The number of amides is 1. The fraction of sp³-hybridized carbons (Fsp3) is 0.138. The minimum Gasteiger partial charge on any atom is -0.352 e. The van der Waals surface area contributed by atoms with Gasteiger partial charge in [0, 0.05) is 53.1 Å². The van der Waals surface area contributed by atoms with E-state index in [0.29, 0.717) is 29.2 Å². The first kappa shape index (κ1) is 23.9. The number of aryl methyl sites for hydroxylation is 1. The lowest BCUT2D eigenvalue weighted by molar-refractivity contribution is -0.120. The number of carbonyl (C=O) groups is 1. The highest BCUT2D eigenvalue weighted by Crippen LogP contribution is 2.22. The molecule has 0 fully saturated rings. The molecule has 0 bridgehead atoms. The maximum atomic E-state index is 12.9. The van der Waals surface area contributed by atoms with Gasteiger partial charge in [-0.1, -0.05) is 60.7 Å². The average Bonchev–Trinajstić information content (AvgIpc) is 3.33. The van der Waals surface area contributed by atoms with Crippen molar-refractivity contribution in [3.05, 3.63) is 124 Å². The van der Waals surface area contributed by atoms with E-state index in [9.17, 15) is 9.59 Å². The van der Waals surface area contributed by atoms with Crippen molar-refractivity contribution < 1.29 is 4.79 Å². The number of hydrogen-bond acceptors (Lipinski definition) is 5. The second-order valence-corrected chi connectivity index (χ2v) is 8.73. The van der Waals surface area contributed by atoms with Gasteiger partial charge in [-0.2, -0.15) is 5.10 Å². The van der Waals surface area contributed by atoms with Crippen LogP contribution in [0.2, 0.25) is 0 Å². The lowest BCUT2D eigenvalue weighted by Crippen LogP contribution is -2.29. The first-order chi connectivity index (χ1) is 18.1. The van der Waals surface area contributed by atoms with Gasteiger partial charge in [0.15, 0.2) is 0 Å². The maximum Gasteiger partial charge on any atom is 0.255 e. The van der Waals surface area contributed by atoms with Crippen molar-refractivity contribution in [2.24, 2.45) is 0 Å². The molecule has 0 radical (unpaired) electrons. The van der Waals surface area contributed by atoms with Crippen molar-refractivity contribution in [3.8, 4) is 22.6 Å². The molecule has 2 N–H and O–H groups in total. The number of rotatable bonds is 8. The van der Waals surface area contributed by atoms with E-state index in [1.807, 2.05) is 65.5 Å². The zero-order valence-corrected chi connectivity index (χ0v) is 20.4. The molecule has 0 aliphatic carbocycles. The van der Waals surface area contributed by atoms with E-state index in [2.05, 4.69) is 32.4 Å². The summed E-state index contributed by atoms with van der Waals surface area (Å²) in [5.41, 5.74) is 5.05. The number of aromatic nitrogens is 5. The van der Waals surface area contributed by atoms with Gasteiger partial charge in [0.05, 0.1) is 18.7 Å². The fourth-order valence-corrected chi connectivity index (χ4v) is 4.16. The van der Waals surface area contributed by atoms with Crippen molar-refractivity contribution >= 4 is 5.91 Å². The molecule has 0 spiro atoms. The van der Waals surface area contributed by atoms with E-state index in [1.54, 1.807) is 25.4 Å². The van der Waals surface area contributed by atoms with Gasteiger partial charge < -0.3 is 10.3 Å². The summed E-state index contributed by atoms with van der Waals surface area (Å²) in [7, 11) is 0. The molecule has 0 atom stereocenters. The number of aromatic amines is 1. The Hall–Kier alpha value is -4.85. The molecule has 5 rings (SSSR count). The minimum atomic E-state index is -0.331. The summed E-state index contributed by atoms with van der Waals surface area (Å²) in [6.07, 6.45) is 5.17. The lowest BCUT2D eigenvalue weighted by atomic mass is 10.1. The summed E-state index contributed by atoms with van der Waals surface area (Å²) in [4.78, 5) is 36.9. The third-order valence-corrected chi connectivity index (χ3v) is 6.04. The van der Waals surface area contributed by atoms with E-state index in [0.717, 1.165) is 22.4 Å². The summed E-state index contributed by atoms with van der Waals surface area (Å²) in [6.45, 7) is 2.65. The molecule has 37 heavy (non-hydrogen) atoms. The Morgan fingerprint density at radius 3 is 2.41 bits per heavy atom. The van der Waals surface area contributed by atoms with Crippen molar-refractivity contribution in [1.82, 2.24) is 30.0 Å². The molecule has 3 heterocycles. The van der Waals surface area contributed by atoms with E-state index in [4.69, 9.17) is 5.10 Å². The first-order valence-corrected chi connectivity index (χ1v) is 12.0. The number of pyridine rings is 1. The SMILES string of the molecule is Cc1nc(-c2cccnc2)[nH]c(=O)c1CC(=O)NCc1cn(Cc2ccccc2)nc1-c1ccccc1. The zero-order valence-electron chi connectivity index (χ0n) is 20.4. The largest absolute Gasteiger partial charge is 0.352 e. The average molecular weight is 491 g/mol. The van der Waals surface area contributed by atoms with Crippen molar-refractivity contribution in [2.75, 3.05) is 0 Å². The quantitative estimate of drug-likeness (QED) is 0.343. The summed E-state index contributed by atoms with van der Waals surface area (Å²) in [5, 5.41) is 7.75. The van der Waals surface area contributed by atoms with Crippen LogP contribution in [0.1, 0.15) is 22.4 Å². The summed E-state index contributed by atoms with van der Waals surface area (Å²) < 4.78 is 1.88. The second kappa shape index (κ2) is 10.8. The van der Waals surface area contributed by atoms with Crippen molar-refractivity contribution in [3.63, 3.8) is 0 Å². The Bertz CT molecular complexity index is 1560. The molecule has 184 valence electrons. The van der Waals surface area contributed by atoms with Gasteiger partial charge in [-0.3, -0.25) is 19.3 Å². The Kier molecular flexibility index (Phi) is 6.98. The standard InChI is InChI=1S/C29H26N6O2/c1-20-25(29(37)33-28(32-20)23-13-8-14-30-16-23)15-26(36)31-17-24-19-35(18-21-9-4-2-5-10-21)34-27(24)22-11-6-3-7-12-22/h2-14,16,19H,15,17-18H2,1H3,(H,31,36)(H,32,33,37). The topological polar surface area (TPSA) is 106 Å². The van der Waals surface area contributed by atoms with Gasteiger partial charge in [0.1, 0.15) is 5.82 Å². The molecule has 0 saturated heterocycles. The predicted molar refractivity (Wildman–Crippen MR) is 142 cm³/mol. The highest BCUT2D eigenvalue weighted by Gasteiger charge is 2.16. The van der Waals surface area contributed by atoms with Crippen LogP contribution in [0, 0.1) is 6.92 Å². The second-order valence-electron chi connectivity index (χ2n) is 8.73. The molecule has 5 aromatic rings. The van der Waals surface area contributed by atoms with Crippen LogP contribution in [0.25, 0.3) is 22.6 Å². The minimum absolute atomic E-state index is 0.0691. The fourth-order valence-electron chi connectivity index (χ4n) is 4.16. The molecular formula is C29H26N6O2. The Balaban J connectivity index is 1.32. The van der Waals surface area contributed by atoms with Crippen LogP contribution >= 0.6 is 0 Å². The number of hydrogen-bond donors (Lipinski definition) is 2. The van der Waals surface area contributed by atoms with Gasteiger partial charge in [-0.25, -0.2) is 4.98 Å². The summed E-state index contributed by atoms with van der Waals surface area (Å²) >= 11 is 0. The lowest BCUT2D eigenvalue weighted by Gasteiger charge is -2.08. The third kappa shape index (κ3) is 5.70. The Labute approximate surface area is 214 Å². The maximum absolute atomic E-state index is 12.9.